The van der Waals surface area contributed by atoms with Crippen molar-refractivity contribution in [1.29, 1.82) is 0 Å². The Kier molecular flexibility index (Phi) is 5.78. The predicted molar refractivity (Wildman–Crippen MR) is 77.9 cm³/mol. The van der Waals surface area contributed by atoms with E-state index in [0.717, 1.165) is 5.56 Å². The Morgan fingerprint density at radius 2 is 2.00 bits per heavy atom. The average molecular weight is 288 g/mol. The van der Waals surface area contributed by atoms with Crippen molar-refractivity contribution in [2.45, 2.75) is 46.2 Å². The first-order valence-electron chi connectivity index (χ1n) is 6.57. The Bertz CT molecular complexity index is 417. The van der Waals surface area contributed by atoms with Crippen LogP contribution in [0.2, 0.25) is 5.02 Å². The SMILES string of the molecule is CC(NC(CCO)C(C)(C)C)c1ccc(F)cc1Cl. The summed E-state index contributed by atoms with van der Waals surface area (Å²) in [7, 11) is 0. The minimum absolute atomic E-state index is 0.00359. The second-order valence-electron chi connectivity index (χ2n) is 5.99. The fourth-order valence-corrected chi connectivity index (χ4v) is 2.47. The van der Waals surface area contributed by atoms with Gasteiger partial charge in [0.25, 0.3) is 0 Å². The fraction of sp³-hybridized carbons (Fsp3) is 0.600. The molecule has 0 heterocycles. The maximum absolute atomic E-state index is 13.0. The van der Waals surface area contributed by atoms with Gasteiger partial charge in [-0.1, -0.05) is 38.4 Å². The molecule has 0 aliphatic carbocycles. The first kappa shape index (κ1) is 16.4. The van der Waals surface area contributed by atoms with Crippen LogP contribution in [0, 0.1) is 11.2 Å². The third kappa shape index (κ3) is 4.75. The molecule has 2 N–H and O–H groups in total. The molecule has 0 aromatic heterocycles. The monoisotopic (exact) mass is 287 g/mol. The molecule has 19 heavy (non-hydrogen) atoms. The molecule has 0 aliphatic heterocycles. The van der Waals surface area contributed by atoms with Crippen molar-refractivity contribution >= 4 is 11.6 Å². The largest absolute Gasteiger partial charge is 0.396 e. The maximum Gasteiger partial charge on any atom is 0.124 e. The summed E-state index contributed by atoms with van der Waals surface area (Å²) in [4.78, 5) is 0. The smallest absolute Gasteiger partial charge is 0.124 e. The summed E-state index contributed by atoms with van der Waals surface area (Å²) in [5, 5.41) is 13.1. The molecule has 0 saturated carbocycles. The maximum atomic E-state index is 13.0. The lowest BCUT2D eigenvalue weighted by Crippen LogP contribution is -2.42. The highest BCUT2D eigenvalue weighted by Gasteiger charge is 2.26. The van der Waals surface area contributed by atoms with Gasteiger partial charge in [0.1, 0.15) is 5.82 Å². The van der Waals surface area contributed by atoms with Gasteiger partial charge in [0.15, 0.2) is 0 Å². The number of nitrogens with one attached hydrogen (secondary N) is 1. The van der Waals surface area contributed by atoms with Crippen LogP contribution < -0.4 is 5.32 Å². The average Bonchev–Trinajstić information content (AvgIpc) is 2.26. The molecule has 0 amide bonds. The second-order valence-corrected chi connectivity index (χ2v) is 6.39. The van der Waals surface area contributed by atoms with E-state index in [0.29, 0.717) is 11.4 Å². The van der Waals surface area contributed by atoms with E-state index in [2.05, 4.69) is 26.1 Å². The summed E-state index contributed by atoms with van der Waals surface area (Å²) in [5.41, 5.74) is 0.902. The van der Waals surface area contributed by atoms with E-state index in [1.54, 1.807) is 6.07 Å². The quantitative estimate of drug-likeness (QED) is 0.860. The van der Waals surface area contributed by atoms with Crippen LogP contribution in [0.5, 0.6) is 0 Å². The summed E-state index contributed by atoms with van der Waals surface area (Å²) in [5.74, 6) is -0.330. The third-order valence-electron chi connectivity index (χ3n) is 3.34. The lowest BCUT2D eigenvalue weighted by Gasteiger charge is -2.34. The first-order valence-corrected chi connectivity index (χ1v) is 6.95. The minimum atomic E-state index is -0.330. The van der Waals surface area contributed by atoms with Crippen LogP contribution in [0.1, 0.15) is 45.7 Å². The van der Waals surface area contributed by atoms with Crippen molar-refractivity contribution in [2.75, 3.05) is 6.61 Å². The van der Waals surface area contributed by atoms with Gasteiger partial charge in [-0.25, -0.2) is 4.39 Å². The van der Waals surface area contributed by atoms with E-state index < -0.39 is 0 Å². The van der Waals surface area contributed by atoms with Gasteiger partial charge < -0.3 is 10.4 Å². The molecule has 0 saturated heterocycles. The Morgan fingerprint density at radius 3 is 2.47 bits per heavy atom. The van der Waals surface area contributed by atoms with Crippen molar-refractivity contribution in [3.05, 3.63) is 34.6 Å². The van der Waals surface area contributed by atoms with Gasteiger partial charge in [-0.2, -0.15) is 0 Å². The van der Waals surface area contributed by atoms with E-state index >= 15 is 0 Å². The van der Waals surface area contributed by atoms with Gasteiger partial charge in [-0.05, 0) is 36.5 Å². The van der Waals surface area contributed by atoms with Crippen LogP contribution in [-0.2, 0) is 0 Å². The van der Waals surface area contributed by atoms with Gasteiger partial charge in [0.05, 0.1) is 0 Å². The molecule has 0 bridgehead atoms. The second kappa shape index (κ2) is 6.69. The standard InChI is InChI=1S/C15H23ClFNO/c1-10(12-6-5-11(17)9-13(12)16)18-14(7-8-19)15(2,3)4/h5-6,9-10,14,18-19H,7-8H2,1-4H3. The van der Waals surface area contributed by atoms with Crippen LogP contribution in [0.15, 0.2) is 18.2 Å². The number of rotatable bonds is 5. The molecular formula is C15H23ClFNO. The van der Waals surface area contributed by atoms with Crippen molar-refractivity contribution in [2.24, 2.45) is 5.41 Å². The number of aliphatic hydroxyl groups excluding tert-OH is 1. The molecule has 0 spiro atoms. The highest BCUT2D eigenvalue weighted by atomic mass is 35.5. The van der Waals surface area contributed by atoms with Crippen LogP contribution in [0.25, 0.3) is 0 Å². The minimum Gasteiger partial charge on any atom is -0.396 e. The van der Waals surface area contributed by atoms with Crippen molar-refractivity contribution in [3.63, 3.8) is 0 Å². The van der Waals surface area contributed by atoms with Crippen LogP contribution in [-0.4, -0.2) is 17.8 Å². The molecule has 4 heteroatoms. The topological polar surface area (TPSA) is 32.3 Å². The van der Waals surface area contributed by atoms with Crippen LogP contribution in [0.4, 0.5) is 4.39 Å². The summed E-state index contributed by atoms with van der Waals surface area (Å²) >= 11 is 6.07. The highest BCUT2D eigenvalue weighted by molar-refractivity contribution is 6.31. The van der Waals surface area contributed by atoms with E-state index in [1.165, 1.54) is 12.1 Å². The highest BCUT2D eigenvalue weighted by Crippen LogP contribution is 2.28. The Labute approximate surface area is 120 Å². The van der Waals surface area contributed by atoms with Crippen molar-refractivity contribution in [1.82, 2.24) is 5.32 Å². The van der Waals surface area contributed by atoms with E-state index in [-0.39, 0.29) is 29.9 Å². The summed E-state index contributed by atoms with van der Waals surface area (Å²) in [6.45, 7) is 8.51. The molecule has 2 unspecified atom stereocenters. The zero-order valence-corrected chi connectivity index (χ0v) is 12.8. The van der Waals surface area contributed by atoms with Gasteiger partial charge in [0.2, 0.25) is 0 Å². The molecule has 0 radical (unpaired) electrons. The van der Waals surface area contributed by atoms with Crippen LogP contribution >= 0.6 is 11.6 Å². The molecular weight excluding hydrogens is 265 g/mol. The molecule has 2 atom stereocenters. The fourth-order valence-electron chi connectivity index (χ4n) is 2.14. The van der Waals surface area contributed by atoms with Gasteiger partial charge in [0, 0.05) is 23.7 Å². The molecule has 108 valence electrons. The van der Waals surface area contributed by atoms with Gasteiger partial charge in [-0.15, -0.1) is 0 Å². The molecule has 1 aromatic carbocycles. The number of aliphatic hydroxyl groups is 1. The van der Waals surface area contributed by atoms with Crippen LogP contribution in [0.3, 0.4) is 0 Å². The lowest BCUT2D eigenvalue weighted by molar-refractivity contribution is 0.188. The van der Waals surface area contributed by atoms with E-state index in [9.17, 15) is 4.39 Å². The summed E-state index contributed by atoms with van der Waals surface area (Å²) in [6, 6.07) is 4.61. The van der Waals surface area contributed by atoms with Crippen molar-refractivity contribution in [3.8, 4) is 0 Å². The predicted octanol–water partition coefficient (Wildman–Crippen LogP) is 3.93. The molecule has 0 aliphatic rings. The van der Waals surface area contributed by atoms with Gasteiger partial charge in [-0.3, -0.25) is 0 Å². The Morgan fingerprint density at radius 1 is 1.37 bits per heavy atom. The number of benzene rings is 1. The number of hydrogen-bond donors (Lipinski definition) is 2. The zero-order chi connectivity index (χ0) is 14.6. The summed E-state index contributed by atoms with van der Waals surface area (Å²) in [6.07, 6.45) is 0.673. The first-order chi connectivity index (χ1) is 8.75. The lowest BCUT2D eigenvalue weighted by atomic mass is 9.84. The Balaban J connectivity index is 2.84. The van der Waals surface area contributed by atoms with E-state index in [4.69, 9.17) is 16.7 Å². The van der Waals surface area contributed by atoms with Gasteiger partial charge >= 0.3 is 0 Å². The third-order valence-corrected chi connectivity index (χ3v) is 3.67. The number of halogens is 2. The summed E-state index contributed by atoms with van der Waals surface area (Å²) < 4.78 is 13.0. The number of hydrogen-bond acceptors (Lipinski definition) is 2. The molecule has 1 rings (SSSR count). The normalized spacial score (nSPS) is 15.3. The zero-order valence-electron chi connectivity index (χ0n) is 12.0. The Hall–Kier alpha value is -0.640. The molecule has 2 nitrogen and oxygen atoms in total. The van der Waals surface area contributed by atoms with Crippen molar-refractivity contribution < 1.29 is 9.50 Å². The molecule has 1 aromatic rings. The van der Waals surface area contributed by atoms with E-state index in [1.807, 2.05) is 6.92 Å². The molecule has 0 fully saturated rings.